The monoisotopic (exact) mass is 344 g/mol. The van der Waals surface area contributed by atoms with Gasteiger partial charge in [-0.05, 0) is 45.6 Å². The summed E-state index contributed by atoms with van der Waals surface area (Å²) in [6, 6.07) is 9.11. The SMILES string of the molecule is CC(Cc1ccccc1)C(=O)C(=O)N1CCC[C@H]1C(=O)NC(C)(C)C. The molecule has 5 heteroatoms. The van der Waals surface area contributed by atoms with Gasteiger partial charge in [-0.2, -0.15) is 0 Å². The first-order valence-electron chi connectivity index (χ1n) is 8.90. The Kier molecular flexibility index (Phi) is 5.98. The molecule has 0 saturated carbocycles. The van der Waals surface area contributed by atoms with Crippen molar-refractivity contribution in [1.29, 1.82) is 0 Å². The molecule has 0 bridgehead atoms. The van der Waals surface area contributed by atoms with Crippen molar-refractivity contribution in [2.24, 2.45) is 5.92 Å². The van der Waals surface area contributed by atoms with Gasteiger partial charge in [0.05, 0.1) is 0 Å². The zero-order valence-electron chi connectivity index (χ0n) is 15.5. The summed E-state index contributed by atoms with van der Waals surface area (Å²) in [6.07, 6.45) is 1.88. The number of hydrogen-bond acceptors (Lipinski definition) is 3. The molecule has 5 nitrogen and oxygen atoms in total. The van der Waals surface area contributed by atoms with Crippen LogP contribution in [0.4, 0.5) is 0 Å². The van der Waals surface area contributed by atoms with Crippen molar-refractivity contribution in [2.75, 3.05) is 6.54 Å². The van der Waals surface area contributed by atoms with Gasteiger partial charge in [-0.3, -0.25) is 14.4 Å². The standard InChI is InChI=1S/C20H28N2O3/c1-14(13-15-9-6-5-7-10-15)17(23)19(25)22-12-8-11-16(22)18(24)21-20(2,3)4/h5-7,9-10,14,16H,8,11-13H2,1-4H3,(H,21,24)/t14?,16-/m0/s1. The van der Waals surface area contributed by atoms with Gasteiger partial charge in [-0.25, -0.2) is 0 Å². The first-order chi connectivity index (χ1) is 11.7. The zero-order valence-corrected chi connectivity index (χ0v) is 15.5. The minimum atomic E-state index is -0.542. The Balaban J connectivity index is 2.02. The summed E-state index contributed by atoms with van der Waals surface area (Å²) in [5.74, 6) is -1.53. The number of carbonyl (C=O) groups excluding carboxylic acids is 3. The van der Waals surface area contributed by atoms with Crippen LogP contribution in [-0.2, 0) is 20.8 Å². The van der Waals surface area contributed by atoms with Gasteiger partial charge >= 0.3 is 0 Å². The topological polar surface area (TPSA) is 66.5 Å². The third-order valence-electron chi connectivity index (χ3n) is 4.36. The van der Waals surface area contributed by atoms with Gasteiger partial charge in [-0.15, -0.1) is 0 Å². The number of amides is 2. The van der Waals surface area contributed by atoms with E-state index in [2.05, 4.69) is 5.32 Å². The maximum Gasteiger partial charge on any atom is 0.290 e. The lowest BCUT2D eigenvalue weighted by Gasteiger charge is -2.28. The van der Waals surface area contributed by atoms with Gasteiger partial charge in [0.1, 0.15) is 6.04 Å². The maximum atomic E-state index is 12.7. The predicted molar refractivity (Wildman–Crippen MR) is 96.9 cm³/mol. The number of nitrogens with zero attached hydrogens (tertiary/aromatic N) is 1. The molecule has 1 N–H and O–H groups in total. The van der Waals surface area contributed by atoms with E-state index in [0.717, 1.165) is 12.0 Å². The van der Waals surface area contributed by atoms with Crippen LogP contribution in [0.15, 0.2) is 30.3 Å². The van der Waals surface area contributed by atoms with Gasteiger partial charge in [-0.1, -0.05) is 37.3 Å². The fraction of sp³-hybridized carbons (Fsp3) is 0.550. The normalized spacial score (nSPS) is 18.7. The van der Waals surface area contributed by atoms with Crippen molar-refractivity contribution >= 4 is 17.6 Å². The second-order valence-corrected chi connectivity index (χ2v) is 7.85. The first kappa shape index (κ1) is 19.2. The molecule has 1 aliphatic rings. The average Bonchev–Trinajstić information content (AvgIpc) is 3.02. The van der Waals surface area contributed by atoms with E-state index in [1.165, 1.54) is 4.90 Å². The molecule has 1 saturated heterocycles. The number of rotatable bonds is 5. The predicted octanol–water partition coefficient (Wildman–Crippen LogP) is 2.34. The molecule has 136 valence electrons. The largest absolute Gasteiger partial charge is 0.350 e. The zero-order chi connectivity index (χ0) is 18.6. The molecule has 1 aromatic carbocycles. The molecule has 1 aliphatic heterocycles. The molecule has 2 amide bonds. The summed E-state index contributed by atoms with van der Waals surface area (Å²) in [4.78, 5) is 39.1. The second kappa shape index (κ2) is 7.81. The van der Waals surface area contributed by atoms with Crippen LogP contribution in [-0.4, -0.2) is 40.6 Å². The van der Waals surface area contributed by atoms with Crippen molar-refractivity contribution in [3.8, 4) is 0 Å². The maximum absolute atomic E-state index is 12.7. The summed E-state index contributed by atoms with van der Waals surface area (Å²) in [5, 5.41) is 2.91. The molecule has 0 aliphatic carbocycles. The molecular formula is C20H28N2O3. The van der Waals surface area contributed by atoms with Crippen molar-refractivity contribution in [1.82, 2.24) is 10.2 Å². The van der Waals surface area contributed by atoms with Crippen LogP contribution in [0.3, 0.4) is 0 Å². The van der Waals surface area contributed by atoms with Gasteiger partial charge in [0.2, 0.25) is 11.7 Å². The van der Waals surface area contributed by atoms with E-state index in [-0.39, 0.29) is 11.4 Å². The van der Waals surface area contributed by atoms with E-state index in [0.29, 0.717) is 19.4 Å². The Bertz CT molecular complexity index is 634. The van der Waals surface area contributed by atoms with Crippen LogP contribution in [0.1, 0.15) is 46.1 Å². The summed E-state index contributed by atoms with van der Waals surface area (Å²) in [5.41, 5.74) is 0.665. The summed E-state index contributed by atoms with van der Waals surface area (Å²) < 4.78 is 0. The van der Waals surface area contributed by atoms with Crippen LogP contribution in [0.25, 0.3) is 0 Å². The Morgan fingerprint density at radius 2 is 1.84 bits per heavy atom. The van der Waals surface area contributed by atoms with E-state index < -0.39 is 23.7 Å². The number of hydrogen-bond donors (Lipinski definition) is 1. The Morgan fingerprint density at radius 1 is 1.20 bits per heavy atom. The summed E-state index contributed by atoms with van der Waals surface area (Å²) in [6.45, 7) is 7.94. The Morgan fingerprint density at radius 3 is 2.44 bits per heavy atom. The fourth-order valence-corrected chi connectivity index (χ4v) is 3.15. The molecule has 1 heterocycles. The van der Waals surface area contributed by atoms with E-state index in [1.807, 2.05) is 51.1 Å². The lowest BCUT2D eigenvalue weighted by molar-refractivity contribution is -0.149. The molecule has 0 spiro atoms. The number of ketones is 1. The van der Waals surface area contributed by atoms with Gasteiger partial charge in [0.15, 0.2) is 0 Å². The molecule has 1 fully saturated rings. The molecule has 2 rings (SSSR count). The molecule has 0 radical (unpaired) electrons. The number of nitrogens with one attached hydrogen (secondary N) is 1. The van der Waals surface area contributed by atoms with Crippen LogP contribution >= 0.6 is 0 Å². The number of Topliss-reactive ketones (excluding diaryl/α,β-unsaturated/α-hetero) is 1. The van der Waals surface area contributed by atoms with Gasteiger partial charge in [0.25, 0.3) is 5.91 Å². The van der Waals surface area contributed by atoms with Crippen molar-refractivity contribution < 1.29 is 14.4 Å². The highest BCUT2D eigenvalue weighted by molar-refractivity contribution is 6.37. The summed E-state index contributed by atoms with van der Waals surface area (Å²) >= 11 is 0. The molecule has 1 aromatic rings. The van der Waals surface area contributed by atoms with Crippen LogP contribution in [0.2, 0.25) is 0 Å². The van der Waals surface area contributed by atoms with E-state index in [1.54, 1.807) is 6.92 Å². The average molecular weight is 344 g/mol. The van der Waals surface area contributed by atoms with E-state index in [9.17, 15) is 14.4 Å². The quantitative estimate of drug-likeness (QED) is 0.834. The van der Waals surface area contributed by atoms with E-state index >= 15 is 0 Å². The van der Waals surface area contributed by atoms with Crippen molar-refractivity contribution in [2.45, 2.75) is 58.5 Å². The third-order valence-corrected chi connectivity index (χ3v) is 4.36. The lowest BCUT2D eigenvalue weighted by atomic mass is 9.96. The minimum Gasteiger partial charge on any atom is -0.350 e. The van der Waals surface area contributed by atoms with Crippen LogP contribution < -0.4 is 5.32 Å². The minimum absolute atomic E-state index is 0.179. The Hall–Kier alpha value is -2.17. The number of likely N-dealkylation sites (tertiary alicyclic amines) is 1. The third kappa shape index (κ3) is 5.15. The fourth-order valence-electron chi connectivity index (χ4n) is 3.15. The number of benzene rings is 1. The van der Waals surface area contributed by atoms with Crippen LogP contribution in [0, 0.1) is 5.92 Å². The van der Waals surface area contributed by atoms with Crippen molar-refractivity contribution in [3.63, 3.8) is 0 Å². The van der Waals surface area contributed by atoms with Gasteiger partial charge < -0.3 is 10.2 Å². The van der Waals surface area contributed by atoms with Crippen molar-refractivity contribution in [3.05, 3.63) is 35.9 Å². The lowest BCUT2D eigenvalue weighted by Crippen LogP contribution is -2.53. The molecule has 0 aromatic heterocycles. The molecule has 2 atom stereocenters. The first-order valence-corrected chi connectivity index (χ1v) is 8.90. The Labute approximate surface area is 149 Å². The second-order valence-electron chi connectivity index (χ2n) is 7.85. The highest BCUT2D eigenvalue weighted by atomic mass is 16.2. The van der Waals surface area contributed by atoms with Gasteiger partial charge in [0, 0.05) is 18.0 Å². The smallest absolute Gasteiger partial charge is 0.290 e. The van der Waals surface area contributed by atoms with E-state index in [4.69, 9.17) is 0 Å². The molecule has 25 heavy (non-hydrogen) atoms. The highest BCUT2D eigenvalue weighted by Gasteiger charge is 2.38. The number of carbonyl (C=O) groups is 3. The highest BCUT2D eigenvalue weighted by Crippen LogP contribution is 2.20. The molecule has 1 unspecified atom stereocenters. The van der Waals surface area contributed by atoms with Crippen LogP contribution in [0.5, 0.6) is 0 Å². The summed E-state index contributed by atoms with van der Waals surface area (Å²) in [7, 11) is 0. The molecular weight excluding hydrogens is 316 g/mol.